The van der Waals surface area contributed by atoms with Crippen molar-refractivity contribution in [3.8, 4) is 0 Å². The minimum atomic E-state index is -0.0815. The van der Waals surface area contributed by atoms with Crippen molar-refractivity contribution in [2.75, 3.05) is 13.6 Å². The van der Waals surface area contributed by atoms with Crippen molar-refractivity contribution in [1.82, 2.24) is 9.47 Å². The van der Waals surface area contributed by atoms with Crippen LogP contribution in [-0.2, 0) is 13.6 Å². The normalized spacial score (nSPS) is 25.4. The maximum Gasteiger partial charge on any atom is 0.0580 e. The highest BCUT2D eigenvalue weighted by molar-refractivity contribution is 5.09. The van der Waals surface area contributed by atoms with Crippen molar-refractivity contribution in [3.63, 3.8) is 0 Å². The Morgan fingerprint density at radius 1 is 1.41 bits per heavy atom. The van der Waals surface area contributed by atoms with E-state index in [1.807, 2.05) is 7.05 Å². The molecule has 0 saturated heterocycles. The second kappa shape index (κ2) is 5.69. The minimum absolute atomic E-state index is 0.0815. The quantitative estimate of drug-likeness (QED) is 0.866. The van der Waals surface area contributed by atoms with Crippen LogP contribution in [0.15, 0.2) is 18.5 Å². The molecule has 0 bridgehead atoms. The molecule has 1 aromatic rings. The van der Waals surface area contributed by atoms with E-state index in [0.29, 0.717) is 5.92 Å². The Bertz CT molecular complexity index is 348. The van der Waals surface area contributed by atoms with E-state index in [0.717, 1.165) is 19.5 Å². The van der Waals surface area contributed by atoms with E-state index in [1.54, 1.807) is 0 Å². The van der Waals surface area contributed by atoms with Gasteiger partial charge in [0.1, 0.15) is 0 Å². The van der Waals surface area contributed by atoms with Gasteiger partial charge in [-0.1, -0.05) is 12.8 Å². The van der Waals surface area contributed by atoms with Crippen molar-refractivity contribution in [3.05, 3.63) is 24.0 Å². The minimum Gasteiger partial charge on any atom is -0.393 e. The first kappa shape index (κ1) is 12.7. The van der Waals surface area contributed by atoms with Crippen LogP contribution in [0, 0.1) is 5.92 Å². The molecule has 1 aromatic heterocycles. The van der Waals surface area contributed by atoms with E-state index < -0.39 is 0 Å². The number of nitrogens with zero attached hydrogens (tertiary/aromatic N) is 2. The third-order valence-corrected chi connectivity index (χ3v) is 3.76. The third-order valence-electron chi connectivity index (χ3n) is 3.76. The zero-order valence-corrected chi connectivity index (χ0v) is 11.0. The van der Waals surface area contributed by atoms with Gasteiger partial charge < -0.3 is 14.6 Å². The molecule has 3 nitrogen and oxygen atoms in total. The van der Waals surface area contributed by atoms with Crippen LogP contribution < -0.4 is 0 Å². The summed E-state index contributed by atoms with van der Waals surface area (Å²) in [6.07, 6.45) is 8.80. The van der Waals surface area contributed by atoms with Crippen LogP contribution in [-0.4, -0.2) is 34.3 Å². The zero-order valence-electron chi connectivity index (χ0n) is 11.0. The number of aromatic nitrogens is 1. The second-order valence-electron chi connectivity index (χ2n) is 5.49. The SMILES string of the molecule is CN(Cc1ccn(C)c1)CC1CCCCC1O. The molecule has 1 aliphatic carbocycles. The van der Waals surface area contributed by atoms with Gasteiger partial charge in [-0.25, -0.2) is 0 Å². The van der Waals surface area contributed by atoms with E-state index in [2.05, 4.69) is 35.0 Å². The number of hydrogen-bond acceptors (Lipinski definition) is 2. The van der Waals surface area contributed by atoms with E-state index >= 15 is 0 Å². The molecule has 1 heterocycles. The molecule has 1 fully saturated rings. The lowest BCUT2D eigenvalue weighted by Crippen LogP contribution is -2.34. The Labute approximate surface area is 104 Å². The lowest BCUT2D eigenvalue weighted by Gasteiger charge is -2.31. The van der Waals surface area contributed by atoms with Crippen molar-refractivity contribution < 1.29 is 5.11 Å². The van der Waals surface area contributed by atoms with E-state index in [9.17, 15) is 5.11 Å². The summed E-state index contributed by atoms with van der Waals surface area (Å²) < 4.78 is 2.08. The monoisotopic (exact) mass is 236 g/mol. The van der Waals surface area contributed by atoms with Crippen molar-refractivity contribution in [1.29, 1.82) is 0 Å². The Morgan fingerprint density at radius 3 is 2.82 bits per heavy atom. The van der Waals surface area contributed by atoms with Crippen LogP contribution in [0.25, 0.3) is 0 Å². The maximum atomic E-state index is 9.96. The highest BCUT2D eigenvalue weighted by atomic mass is 16.3. The van der Waals surface area contributed by atoms with Crippen LogP contribution in [0.2, 0.25) is 0 Å². The predicted octanol–water partition coefficient (Wildman–Crippen LogP) is 2.01. The second-order valence-corrected chi connectivity index (χ2v) is 5.49. The zero-order chi connectivity index (χ0) is 12.3. The highest BCUT2D eigenvalue weighted by Gasteiger charge is 2.23. The molecule has 0 aliphatic heterocycles. The number of aryl methyl sites for hydroxylation is 1. The van der Waals surface area contributed by atoms with Crippen LogP contribution in [0.1, 0.15) is 31.2 Å². The highest BCUT2D eigenvalue weighted by Crippen LogP contribution is 2.25. The fraction of sp³-hybridized carbons (Fsp3) is 0.714. The van der Waals surface area contributed by atoms with Crippen LogP contribution >= 0.6 is 0 Å². The molecule has 0 aromatic carbocycles. The molecule has 3 heteroatoms. The van der Waals surface area contributed by atoms with Crippen LogP contribution in [0.5, 0.6) is 0 Å². The summed E-state index contributed by atoms with van der Waals surface area (Å²) in [5.74, 6) is 0.470. The molecule has 17 heavy (non-hydrogen) atoms. The van der Waals surface area contributed by atoms with Gasteiger partial charge in [-0.3, -0.25) is 0 Å². The Kier molecular flexibility index (Phi) is 4.24. The first-order valence-electron chi connectivity index (χ1n) is 6.62. The average molecular weight is 236 g/mol. The predicted molar refractivity (Wildman–Crippen MR) is 69.7 cm³/mol. The first-order valence-corrected chi connectivity index (χ1v) is 6.62. The van der Waals surface area contributed by atoms with Gasteiger partial charge in [-0.15, -0.1) is 0 Å². The summed E-state index contributed by atoms with van der Waals surface area (Å²) in [6, 6.07) is 2.16. The smallest absolute Gasteiger partial charge is 0.0580 e. The van der Waals surface area contributed by atoms with E-state index in [1.165, 1.54) is 24.8 Å². The summed E-state index contributed by atoms with van der Waals surface area (Å²) >= 11 is 0. The van der Waals surface area contributed by atoms with Crippen LogP contribution in [0.3, 0.4) is 0 Å². The summed E-state index contributed by atoms with van der Waals surface area (Å²) in [4.78, 5) is 2.33. The number of rotatable bonds is 4. The van der Waals surface area contributed by atoms with Gasteiger partial charge in [0.15, 0.2) is 0 Å². The summed E-state index contributed by atoms with van der Waals surface area (Å²) in [5, 5.41) is 9.96. The lowest BCUT2D eigenvalue weighted by molar-refractivity contribution is 0.0502. The molecule has 0 spiro atoms. The Hall–Kier alpha value is -0.800. The molecule has 0 amide bonds. The third kappa shape index (κ3) is 3.58. The van der Waals surface area contributed by atoms with Gasteiger partial charge in [0.25, 0.3) is 0 Å². The van der Waals surface area contributed by atoms with Crippen molar-refractivity contribution >= 4 is 0 Å². The van der Waals surface area contributed by atoms with Crippen LogP contribution in [0.4, 0.5) is 0 Å². The Balaban J connectivity index is 1.82. The fourth-order valence-electron chi connectivity index (χ4n) is 2.83. The molecular formula is C14H24N2O. The number of aliphatic hydroxyl groups is 1. The largest absolute Gasteiger partial charge is 0.393 e. The fourth-order valence-corrected chi connectivity index (χ4v) is 2.83. The number of hydrogen-bond donors (Lipinski definition) is 1. The maximum absolute atomic E-state index is 9.96. The van der Waals surface area contributed by atoms with Gasteiger partial charge in [-0.2, -0.15) is 0 Å². The molecule has 0 radical (unpaired) electrons. The Morgan fingerprint density at radius 2 is 2.18 bits per heavy atom. The lowest BCUT2D eigenvalue weighted by atomic mass is 9.86. The first-order chi connectivity index (χ1) is 8.15. The van der Waals surface area contributed by atoms with E-state index in [-0.39, 0.29) is 6.10 Å². The van der Waals surface area contributed by atoms with Gasteiger partial charge >= 0.3 is 0 Å². The average Bonchev–Trinajstić information content (AvgIpc) is 2.67. The molecule has 1 N–H and O–H groups in total. The molecule has 2 rings (SSSR count). The van der Waals surface area contributed by atoms with Crippen molar-refractivity contribution in [2.24, 2.45) is 13.0 Å². The van der Waals surface area contributed by atoms with Gasteiger partial charge in [-0.05, 0) is 37.4 Å². The van der Waals surface area contributed by atoms with Crippen molar-refractivity contribution in [2.45, 2.75) is 38.3 Å². The molecule has 1 saturated carbocycles. The van der Waals surface area contributed by atoms with E-state index in [4.69, 9.17) is 0 Å². The molecule has 2 unspecified atom stereocenters. The molecular weight excluding hydrogens is 212 g/mol. The summed E-state index contributed by atoms with van der Waals surface area (Å²) in [6.45, 7) is 1.99. The van der Waals surface area contributed by atoms with Gasteiger partial charge in [0, 0.05) is 32.5 Å². The summed E-state index contributed by atoms with van der Waals surface area (Å²) in [5.41, 5.74) is 1.35. The number of aliphatic hydroxyl groups excluding tert-OH is 1. The van der Waals surface area contributed by atoms with Gasteiger partial charge in [0.2, 0.25) is 0 Å². The standard InChI is InChI=1S/C14H24N2O/c1-15-8-7-12(9-15)10-16(2)11-13-5-3-4-6-14(13)17/h7-9,13-14,17H,3-6,10-11H2,1-2H3. The molecule has 1 aliphatic rings. The summed E-state index contributed by atoms with van der Waals surface area (Å²) in [7, 11) is 4.20. The van der Waals surface area contributed by atoms with Gasteiger partial charge in [0.05, 0.1) is 6.10 Å². The molecule has 2 atom stereocenters. The molecule has 96 valence electrons. The topological polar surface area (TPSA) is 28.4 Å².